The molecule has 1 fully saturated rings. The van der Waals surface area contributed by atoms with Crippen molar-refractivity contribution in [3.05, 3.63) is 18.2 Å². The largest absolute Gasteiger partial charge is 0.399 e. The van der Waals surface area contributed by atoms with Gasteiger partial charge in [0.25, 0.3) is 0 Å². The van der Waals surface area contributed by atoms with Crippen molar-refractivity contribution in [1.29, 1.82) is 0 Å². The first-order valence-corrected chi connectivity index (χ1v) is 8.17. The van der Waals surface area contributed by atoms with Crippen molar-refractivity contribution >= 4 is 21.4 Å². The van der Waals surface area contributed by atoms with Gasteiger partial charge in [-0.3, -0.25) is 0 Å². The van der Waals surface area contributed by atoms with Crippen LogP contribution in [0, 0.1) is 5.92 Å². The number of hydrogen-bond acceptors (Lipinski definition) is 4. The molecule has 1 aliphatic rings. The highest BCUT2D eigenvalue weighted by Crippen LogP contribution is 2.27. The van der Waals surface area contributed by atoms with Gasteiger partial charge >= 0.3 is 0 Å². The SMILES string of the molecule is Nc1cc(NCCC2CCCC2)cc(S(N)(=O)=O)c1. The van der Waals surface area contributed by atoms with E-state index in [9.17, 15) is 8.42 Å². The quantitative estimate of drug-likeness (QED) is 0.719. The number of hydrogen-bond donors (Lipinski definition) is 3. The van der Waals surface area contributed by atoms with E-state index in [1.54, 1.807) is 6.07 Å². The highest BCUT2D eigenvalue weighted by atomic mass is 32.2. The molecule has 6 heteroatoms. The molecule has 0 saturated heterocycles. The van der Waals surface area contributed by atoms with Gasteiger partial charge < -0.3 is 11.1 Å². The van der Waals surface area contributed by atoms with Crippen LogP contribution in [0.1, 0.15) is 32.1 Å². The number of nitrogen functional groups attached to an aromatic ring is 1. The highest BCUT2D eigenvalue weighted by Gasteiger charge is 2.14. The van der Waals surface area contributed by atoms with Gasteiger partial charge in [-0.2, -0.15) is 0 Å². The summed E-state index contributed by atoms with van der Waals surface area (Å²) in [5.41, 5.74) is 6.80. The Balaban J connectivity index is 1.98. The Bertz CT molecular complexity index is 537. The fourth-order valence-electron chi connectivity index (χ4n) is 2.61. The number of benzene rings is 1. The number of sulfonamides is 1. The van der Waals surface area contributed by atoms with E-state index in [-0.39, 0.29) is 4.90 Å². The van der Waals surface area contributed by atoms with Crippen LogP contribution in [0.15, 0.2) is 23.1 Å². The molecule has 5 nitrogen and oxygen atoms in total. The average Bonchev–Trinajstić information content (AvgIpc) is 2.80. The van der Waals surface area contributed by atoms with E-state index in [1.807, 2.05) is 0 Å². The van der Waals surface area contributed by atoms with E-state index in [1.165, 1.54) is 37.8 Å². The van der Waals surface area contributed by atoms with Crippen LogP contribution < -0.4 is 16.2 Å². The van der Waals surface area contributed by atoms with Gasteiger partial charge in [0.2, 0.25) is 10.0 Å². The zero-order valence-electron chi connectivity index (χ0n) is 10.9. The number of rotatable bonds is 5. The predicted molar refractivity (Wildman–Crippen MR) is 77.3 cm³/mol. The van der Waals surface area contributed by atoms with Crippen LogP contribution >= 0.6 is 0 Å². The maximum Gasteiger partial charge on any atom is 0.238 e. The van der Waals surface area contributed by atoms with Crippen LogP contribution in [0.5, 0.6) is 0 Å². The summed E-state index contributed by atoms with van der Waals surface area (Å²) in [7, 11) is -3.71. The van der Waals surface area contributed by atoms with Crippen LogP contribution in [0.4, 0.5) is 11.4 Å². The minimum absolute atomic E-state index is 0.0517. The van der Waals surface area contributed by atoms with Crippen LogP contribution in [-0.4, -0.2) is 15.0 Å². The molecule has 0 heterocycles. The topological polar surface area (TPSA) is 98.2 Å². The summed E-state index contributed by atoms with van der Waals surface area (Å²) in [5, 5.41) is 8.34. The standard InChI is InChI=1S/C13H21N3O2S/c14-11-7-12(9-13(8-11)19(15,17)18)16-6-5-10-3-1-2-4-10/h7-10,16H,1-6,14H2,(H2,15,17,18). The summed E-state index contributed by atoms with van der Waals surface area (Å²) in [5.74, 6) is 0.797. The molecule has 19 heavy (non-hydrogen) atoms. The Morgan fingerprint density at radius 1 is 1.21 bits per heavy atom. The molecule has 1 aliphatic carbocycles. The first-order valence-electron chi connectivity index (χ1n) is 6.62. The molecule has 0 aliphatic heterocycles. The van der Waals surface area contributed by atoms with E-state index >= 15 is 0 Å². The maximum absolute atomic E-state index is 11.3. The molecular formula is C13H21N3O2S. The van der Waals surface area contributed by atoms with Gasteiger partial charge in [0, 0.05) is 17.9 Å². The van der Waals surface area contributed by atoms with Crippen LogP contribution in [0.25, 0.3) is 0 Å². The molecule has 5 N–H and O–H groups in total. The smallest absolute Gasteiger partial charge is 0.238 e. The van der Waals surface area contributed by atoms with Gasteiger partial charge in [-0.25, -0.2) is 13.6 Å². The van der Waals surface area contributed by atoms with Crippen LogP contribution in [0.3, 0.4) is 0 Å². The molecule has 0 radical (unpaired) electrons. The van der Waals surface area contributed by atoms with E-state index in [0.29, 0.717) is 11.4 Å². The Kier molecular flexibility index (Phi) is 4.31. The second-order valence-electron chi connectivity index (χ2n) is 5.20. The van der Waals surface area contributed by atoms with Crippen molar-refractivity contribution in [2.45, 2.75) is 37.0 Å². The Morgan fingerprint density at radius 3 is 2.53 bits per heavy atom. The van der Waals surface area contributed by atoms with Crippen molar-refractivity contribution in [3.63, 3.8) is 0 Å². The first kappa shape index (κ1) is 14.1. The lowest BCUT2D eigenvalue weighted by atomic mass is 10.0. The molecule has 0 unspecified atom stereocenters. The normalized spacial score (nSPS) is 16.7. The summed E-state index contributed by atoms with van der Waals surface area (Å²) in [6.45, 7) is 0.832. The molecule has 0 spiro atoms. The lowest BCUT2D eigenvalue weighted by molar-refractivity contribution is 0.518. The number of primary sulfonamides is 1. The van der Waals surface area contributed by atoms with Gasteiger partial charge in [0.15, 0.2) is 0 Å². The Morgan fingerprint density at radius 2 is 1.89 bits per heavy atom. The van der Waals surface area contributed by atoms with E-state index in [4.69, 9.17) is 10.9 Å². The Labute approximate surface area is 114 Å². The van der Waals surface area contributed by atoms with Gasteiger partial charge in [0.05, 0.1) is 4.90 Å². The third-order valence-electron chi connectivity index (χ3n) is 3.61. The number of anilines is 2. The van der Waals surface area contributed by atoms with Crippen molar-refractivity contribution in [2.24, 2.45) is 11.1 Å². The fraction of sp³-hybridized carbons (Fsp3) is 0.538. The summed E-state index contributed by atoms with van der Waals surface area (Å²) in [6, 6.07) is 4.63. The molecule has 0 bridgehead atoms. The van der Waals surface area contributed by atoms with Gasteiger partial charge in [-0.1, -0.05) is 25.7 Å². The number of nitrogens with one attached hydrogen (secondary N) is 1. The van der Waals surface area contributed by atoms with E-state index < -0.39 is 10.0 Å². The molecule has 1 aromatic carbocycles. The summed E-state index contributed by atoms with van der Waals surface area (Å²) in [6.07, 6.45) is 6.39. The minimum Gasteiger partial charge on any atom is -0.399 e. The molecule has 0 aromatic heterocycles. The predicted octanol–water partition coefficient (Wildman–Crippen LogP) is 1.91. The highest BCUT2D eigenvalue weighted by molar-refractivity contribution is 7.89. The summed E-state index contributed by atoms with van der Waals surface area (Å²) < 4.78 is 22.6. The maximum atomic E-state index is 11.3. The molecule has 1 saturated carbocycles. The number of nitrogens with two attached hydrogens (primary N) is 2. The molecule has 0 atom stereocenters. The van der Waals surface area contributed by atoms with Crippen LogP contribution in [-0.2, 0) is 10.0 Å². The van der Waals surface area contributed by atoms with Crippen molar-refractivity contribution in [3.8, 4) is 0 Å². The lowest BCUT2D eigenvalue weighted by Crippen LogP contribution is -2.13. The van der Waals surface area contributed by atoms with Crippen LogP contribution in [0.2, 0.25) is 0 Å². The van der Waals surface area contributed by atoms with E-state index in [2.05, 4.69) is 5.32 Å². The van der Waals surface area contributed by atoms with Gasteiger partial charge in [0.1, 0.15) is 0 Å². The zero-order chi connectivity index (χ0) is 13.9. The minimum atomic E-state index is -3.71. The Hall–Kier alpha value is -1.27. The lowest BCUT2D eigenvalue weighted by Gasteiger charge is -2.12. The molecule has 2 rings (SSSR count). The second-order valence-corrected chi connectivity index (χ2v) is 6.76. The average molecular weight is 283 g/mol. The zero-order valence-corrected chi connectivity index (χ0v) is 11.7. The molecule has 0 amide bonds. The molecular weight excluding hydrogens is 262 g/mol. The van der Waals surface area contributed by atoms with Crippen molar-refractivity contribution in [1.82, 2.24) is 0 Å². The monoisotopic (exact) mass is 283 g/mol. The molecule has 106 valence electrons. The second kappa shape index (κ2) is 5.79. The fourth-order valence-corrected chi connectivity index (χ4v) is 3.20. The van der Waals surface area contributed by atoms with Crippen molar-refractivity contribution in [2.75, 3.05) is 17.6 Å². The van der Waals surface area contributed by atoms with Crippen molar-refractivity contribution < 1.29 is 8.42 Å². The third kappa shape index (κ3) is 4.11. The van der Waals surface area contributed by atoms with Gasteiger partial charge in [-0.05, 0) is 30.5 Å². The third-order valence-corrected chi connectivity index (χ3v) is 4.51. The van der Waals surface area contributed by atoms with E-state index in [0.717, 1.165) is 18.9 Å². The molecule has 1 aromatic rings. The first-order chi connectivity index (χ1) is 8.95. The van der Waals surface area contributed by atoms with Gasteiger partial charge in [-0.15, -0.1) is 0 Å². The summed E-state index contributed by atoms with van der Waals surface area (Å²) >= 11 is 0. The summed E-state index contributed by atoms with van der Waals surface area (Å²) in [4.78, 5) is 0.0517.